The Hall–Kier alpha value is -1.22. The van der Waals surface area contributed by atoms with Gasteiger partial charge in [0.15, 0.2) is 0 Å². The van der Waals surface area contributed by atoms with E-state index in [9.17, 15) is 0 Å². The van der Waals surface area contributed by atoms with Crippen LogP contribution in [0.1, 0.15) is 17.2 Å². The molecule has 4 heteroatoms. The van der Waals surface area contributed by atoms with Crippen LogP contribution in [0, 0.1) is 0 Å². The van der Waals surface area contributed by atoms with Crippen molar-refractivity contribution in [2.45, 2.75) is 12.5 Å². The van der Waals surface area contributed by atoms with Gasteiger partial charge in [0.2, 0.25) is 0 Å². The van der Waals surface area contributed by atoms with Gasteiger partial charge in [-0.05, 0) is 29.7 Å². The average molecular weight is 352 g/mol. The zero-order chi connectivity index (χ0) is 16.5. The fraction of sp³-hybridized carbons (Fsp3) is 0.368. The first-order valence-corrected chi connectivity index (χ1v) is 8.89. The van der Waals surface area contributed by atoms with Crippen LogP contribution in [0.2, 0.25) is 0 Å². The molecule has 124 valence electrons. The van der Waals surface area contributed by atoms with E-state index < -0.39 is 0 Å². The standard InChI is InChI=1S/C19H23Cl2NO/c1-23-18-9-5-6-16(14-18)15-19(17-7-3-2-4-8-17)22(12-10-20)13-11-21/h2-9,14,19H,10-13,15H2,1H3. The molecule has 0 saturated heterocycles. The molecule has 0 bridgehead atoms. The maximum atomic E-state index is 6.01. The molecule has 2 nitrogen and oxygen atoms in total. The van der Waals surface area contributed by atoms with Gasteiger partial charge in [-0.2, -0.15) is 0 Å². The highest BCUT2D eigenvalue weighted by molar-refractivity contribution is 6.18. The highest BCUT2D eigenvalue weighted by Gasteiger charge is 2.20. The Morgan fingerprint density at radius 2 is 1.65 bits per heavy atom. The molecule has 0 heterocycles. The van der Waals surface area contributed by atoms with E-state index in [2.05, 4.69) is 41.3 Å². The molecule has 0 aromatic heterocycles. The number of hydrogen-bond donors (Lipinski definition) is 0. The van der Waals surface area contributed by atoms with Crippen molar-refractivity contribution in [3.63, 3.8) is 0 Å². The second-order valence-electron chi connectivity index (χ2n) is 5.40. The van der Waals surface area contributed by atoms with Crippen LogP contribution in [0.5, 0.6) is 5.75 Å². The van der Waals surface area contributed by atoms with Gasteiger partial charge in [-0.25, -0.2) is 0 Å². The van der Waals surface area contributed by atoms with Gasteiger partial charge in [-0.1, -0.05) is 42.5 Å². The van der Waals surface area contributed by atoms with Crippen molar-refractivity contribution in [1.82, 2.24) is 4.90 Å². The monoisotopic (exact) mass is 351 g/mol. The van der Waals surface area contributed by atoms with Crippen molar-refractivity contribution in [3.8, 4) is 5.75 Å². The van der Waals surface area contributed by atoms with E-state index in [4.69, 9.17) is 27.9 Å². The first kappa shape index (κ1) is 18.1. The zero-order valence-corrected chi connectivity index (χ0v) is 14.9. The summed E-state index contributed by atoms with van der Waals surface area (Å²) >= 11 is 12.0. The van der Waals surface area contributed by atoms with E-state index in [1.54, 1.807) is 7.11 Å². The minimum Gasteiger partial charge on any atom is -0.497 e. The first-order valence-electron chi connectivity index (χ1n) is 7.82. The molecule has 0 fully saturated rings. The summed E-state index contributed by atoms with van der Waals surface area (Å²) in [5.41, 5.74) is 2.53. The molecular weight excluding hydrogens is 329 g/mol. The molecule has 0 N–H and O–H groups in total. The largest absolute Gasteiger partial charge is 0.497 e. The van der Waals surface area contributed by atoms with E-state index >= 15 is 0 Å². The highest BCUT2D eigenvalue weighted by atomic mass is 35.5. The highest BCUT2D eigenvalue weighted by Crippen LogP contribution is 2.26. The second kappa shape index (κ2) is 9.82. The number of halogens is 2. The molecule has 0 saturated carbocycles. The Labute approximate surface area is 149 Å². The average Bonchev–Trinajstić information content (AvgIpc) is 2.60. The van der Waals surface area contributed by atoms with E-state index in [0.717, 1.165) is 25.3 Å². The van der Waals surface area contributed by atoms with E-state index in [0.29, 0.717) is 11.8 Å². The van der Waals surface area contributed by atoms with E-state index in [-0.39, 0.29) is 6.04 Å². The topological polar surface area (TPSA) is 12.5 Å². The zero-order valence-electron chi connectivity index (χ0n) is 13.4. The Morgan fingerprint density at radius 3 is 2.26 bits per heavy atom. The predicted octanol–water partition coefficient (Wildman–Crippen LogP) is 4.76. The second-order valence-corrected chi connectivity index (χ2v) is 6.15. The molecule has 2 aromatic rings. The minimum absolute atomic E-state index is 0.251. The Morgan fingerprint density at radius 1 is 0.957 bits per heavy atom. The summed E-state index contributed by atoms with van der Waals surface area (Å²) < 4.78 is 5.34. The smallest absolute Gasteiger partial charge is 0.119 e. The Kier molecular flexibility index (Phi) is 7.73. The van der Waals surface area contributed by atoms with Crippen LogP contribution < -0.4 is 4.74 Å². The molecule has 0 radical (unpaired) electrons. The summed E-state index contributed by atoms with van der Waals surface area (Å²) in [6.07, 6.45) is 0.898. The quantitative estimate of drug-likeness (QED) is 0.604. The van der Waals surface area contributed by atoms with Crippen molar-refractivity contribution in [2.75, 3.05) is 32.0 Å². The van der Waals surface area contributed by atoms with Crippen LogP contribution in [-0.2, 0) is 6.42 Å². The third-order valence-corrected chi connectivity index (χ3v) is 4.27. The third kappa shape index (κ3) is 5.42. The van der Waals surface area contributed by atoms with Gasteiger partial charge in [-0.3, -0.25) is 4.90 Å². The van der Waals surface area contributed by atoms with Crippen LogP contribution in [0.4, 0.5) is 0 Å². The van der Waals surface area contributed by atoms with Crippen molar-refractivity contribution in [2.24, 2.45) is 0 Å². The molecule has 1 unspecified atom stereocenters. The first-order chi connectivity index (χ1) is 11.3. The lowest BCUT2D eigenvalue weighted by molar-refractivity contribution is 0.220. The van der Waals surface area contributed by atoms with E-state index in [1.165, 1.54) is 11.1 Å². The summed E-state index contributed by atoms with van der Waals surface area (Å²) in [5.74, 6) is 2.08. The fourth-order valence-electron chi connectivity index (χ4n) is 2.80. The summed E-state index contributed by atoms with van der Waals surface area (Å²) in [5, 5.41) is 0. The Bertz CT molecular complexity index is 571. The summed E-state index contributed by atoms with van der Waals surface area (Å²) in [6, 6.07) is 19.0. The molecule has 2 aromatic carbocycles. The van der Waals surface area contributed by atoms with Gasteiger partial charge in [0.25, 0.3) is 0 Å². The molecule has 2 rings (SSSR count). The van der Waals surface area contributed by atoms with Crippen LogP contribution in [-0.4, -0.2) is 36.9 Å². The molecule has 0 aliphatic heterocycles. The number of ether oxygens (including phenoxy) is 1. The van der Waals surface area contributed by atoms with E-state index in [1.807, 2.05) is 18.2 Å². The van der Waals surface area contributed by atoms with Gasteiger partial charge >= 0.3 is 0 Å². The number of hydrogen-bond acceptors (Lipinski definition) is 2. The normalized spacial score (nSPS) is 12.3. The van der Waals surface area contributed by atoms with Crippen LogP contribution in [0.25, 0.3) is 0 Å². The molecular formula is C19H23Cl2NO. The van der Waals surface area contributed by atoms with Crippen molar-refractivity contribution in [1.29, 1.82) is 0 Å². The van der Waals surface area contributed by atoms with Crippen molar-refractivity contribution < 1.29 is 4.74 Å². The number of alkyl halides is 2. The van der Waals surface area contributed by atoms with Crippen molar-refractivity contribution in [3.05, 3.63) is 65.7 Å². The van der Waals surface area contributed by atoms with Crippen molar-refractivity contribution >= 4 is 23.2 Å². The number of methoxy groups -OCH3 is 1. The van der Waals surface area contributed by atoms with Crippen LogP contribution >= 0.6 is 23.2 Å². The number of rotatable bonds is 9. The summed E-state index contributed by atoms with van der Waals surface area (Å²) in [7, 11) is 1.70. The number of benzene rings is 2. The maximum absolute atomic E-state index is 6.01. The fourth-order valence-corrected chi connectivity index (χ4v) is 3.23. The maximum Gasteiger partial charge on any atom is 0.119 e. The van der Waals surface area contributed by atoms with Gasteiger partial charge < -0.3 is 4.74 Å². The molecule has 0 aliphatic rings. The SMILES string of the molecule is COc1cccc(CC(c2ccccc2)N(CCCl)CCCl)c1. The molecule has 0 spiro atoms. The molecule has 1 atom stereocenters. The van der Waals surface area contributed by atoms with Gasteiger partial charge in [0.1, 0.15) is 5.75 Å². The summed E-state index contributed by atoms with van der Waals surface area (Å²) in [6.45, 7) is 1.63. The van der Waals surface area contributed by atoms with Gasteiger partial charge in [0, 0.05) is 30.9 Å². The lowest BCUT2D eigenvalue weighted by Crippen LogP contribution is -2.33. The molecule has 0 aliphatic carbocycles. The molecule has 0 amide bonds. The lowest BCUT2D eigenvalue weighted by atomic mass is 9.97. The predicted molar refractivity (Wildman–Crippen MR) is 98.9 cm³/mol. The van der Waals surface area contributed by atoms with Gasteiger partial charge in [0.05, 0.1) is 7.11 Å². The minimum atomic E-state index is 0.251. The molecule has 23 heavy (non-hydrogen) atoms. The Balaban J connectivity index is 2.28. The summed E-state index contributed by atoms with van der Waals surface area (Å²) in [4.78, 5) is 2.36. The van der Waals surface area contributed by atoms with Crippen LogP contribution in [0.15, 0.2) is 54.6 Å². The lowest BCUT2D eigenvalue weighted by Gasteiger charge is -2.31. The van der Waals surface area contributed by atoms with Gasteiger partial charge in [-0.15, -0.1) is 23.2 Å². The number of nitrogens with zero attached hydrogens (tertiary/aromatic N) is 1. The third-order valence-electron chi connectivity index (χ3n) is 3.93. The van der Waals surface area contributed by atoms with Crippen LogP contribution in [0.3, 0.4) is 0 Å².